The largest absolute Gasteiger partial charge is 0.481 e. The average Bonchev–Trinajstić information content (AvgIpc) is 2.61. The van der Waals surface area contributed by atoms with E-state index in [0.29, 0.717) is 6.42 Å². The molecule has 0 bridgehead atoms. The Morgan fingerprint density at radius 1 is 1.56 bits per heavy atom. The van der Waals surface area contributed by atoms with Crippen molar-refractivity contribution in [3.8, 4) is 0 Å². The molecule has 0 aliphatic carbocycles. The van der Waals surface area contributed by atoms with Gasteiger partial charge in [0.2, 0.25) is 0 Å². The molecular weight excluding hydrogens is 288 g/mol. The zero-order chi connectivity index (χ0) is 11.7. The van der Waals surface area contributed by atoms with Gasteiger partial charge in [-0.3, -0.25) is 4.79 Å². The number of thiophene rings is 1. The van der Waals surface area contributed by atoms with E-state index < -0.39 is 5.97 Å². The van der Waals surface area contributed by atoms with Crippen molar-refractivity contribution in [1.29, 1.82) is 0 Å². The molecule has 1 heterocycles. The molecule has 0 aliphatic rings. The Bertz CT molecular complexity index is 533. The third-order valence-electron chi connectivity index (χ3n) is 2.49. The second-order valence-corrected chi connectivity index (χ2v) is 5.83. The Morgan fingerprint density at radius 3 is 2.94 bits per heavy atom. The molecule has 0 radical (unpaired) electrons. The van der Waals surface area contributed by atoms with Crippen molar-refractivity contribution in [2.24, 2.45) is 5.92 Å². The summed E-state index contributed by atoms with van der Waals surface area (Å²) in [4.78, 5) is 11.9. The Labute approximate surface area is 106 Å². The number of carbonyl (C=O) groups is 1. The van der Waals surface area contributed by atoms with Gasteiger partial charge in [0.05, 0.1) is 5.92 Å². The number of carboxylic acids is 1. The van der Waals surface area contributed by atoms with Gasteiger partial charge in [-0.2, -0.15) is 0 Å². The number of hydrogen-bond donors (Lipinski definition) is 1. The summed E-state index contributed by atoms with van der Waals surface area (Å²) in [6, 6.07) is 8.12. The maximum atomic E-state index is 10.8. The van der Waals surface area contributed by atoms with Crippen molar-refractivity contribution in [3.63, 3.8) is 0 Å². The molecule has 0 aliphatic heterocycles. The second kappa shape index (κ2) is 4.55. The topological polar surface area (TPSA) is 37.3 Å². The summed E-state index contributed by atoms with van der Waals surface area (Å²) < 4.78 is 2.26. The fraction of sp³-hybridized carbons (Fsp3) is 0.250. The van der Waals surface area contributed by atoms with E-state index in [0.717, 1.165) is 9.35 Å². The first kappa shape index (κ1) is 11.6. The first-order chi connectivity index (χ1) is 7.58. The SMILES string of the molecule is CC(Cc1cc2c(Br)cccc2s1)C(=O)O. The highest BCUT2D eigenvalue weighted by Gasteiger charge is 2.13. The highest BCUT2D eigenvalue weighted by molar-refractivity contribution is 9.10. The summed E-state index contributed by atoms with van der Waals surface area (Å²) in [6.07, 6.45) is 0.598. The molecule has 4 heteroatoms. The molecule has 1 N–H and O–H groups in total. The first-order valence-electron chi connectivity index (χ1n) is 4.97. The molecule has 1 atom stereocenters. The number of halogens is 1. The minimum Gasteiger partial charge on any atom is -0.481 e. The monoisotopic (exact) mass is 298 g/mol. The molecule has 2 rings (SSSR count). The summed E-state index contributed by atoms with van der Waals surface area (Å²) in [5.41, 5.74) is 0. The van der Waals surface area contributed by atoms with Gasteiger partial charge in [-0.1, -0.05) is 28.9 Å². The van der Waals surface area contributed by atoms with Crippen LogP contribution in [0.4, 0.5) is 0 Å². The molecule has 2 aromatic rings. The van der Waals surface area contributed by atoms with Gasteiger partial charge < -0.3 is 5.11 Å². The van der Waals surface area contributed by atoms with E-state index in [1.54, 1.807) is 18.3 Å². The lowest BCUT2D eigenvalue weighted by molar-refractivity contribution is -0.141. The molecule has 0 fully saturated rings. The van der Waals surface area contributed by atoms with Gasteiger partial charge in [0.25, 0.3) is 0 Å². The molecule has 1 unspecified atom stereocenters. The van der Waals surface area contributed by atoms with Crippen LogP contribution in [0.25, 0.3) is 10.1 Å². The number of rotatable bonds is 3. The van der Waals surface area contributed by atoms with Gasteiger partial charge in [0.1, 0.15) is 0 Å². The molecule has 16 heavy (non-hydrogen) atoms. The summed E-state index contributed by atoms with van der Waals surface area (Å²) in [5, 5.41) is 10.0. The molecule has 0 amide bonds. The first-order valence-corrected chi connectivity index (χ1v) is 6.58. The van der Waals surface area contributed by atoms with Crippen molar-refractivity contribution in [2.45, 2.75) is 13.3 Å². The highest BCUT2D eigenvalue weighted by Crippen LogP contribution is 2.32. The minimum absolute atomic E-state index is 0.327. The van der Waals surface area contributed by atoms with Crippen LogP contribution in [0.3, 0.4) is 0 Å². The lowest BCUT2D eigenvalue weighted by atomic mass is 10.1. The van der Waals surface area contributed by atoms with E-state index in [4.69, 9.17) is 5.11 Å². The fourth-order valence-corrected chi connectivity index (χ4v) is 3.40. The van der Waals surface area contributed by atoms with Gasteiger partial charge in [-0.25, -0.2) is 0 Å². The van der Waals surface area contributed by atoms with Crippen LogP contribution in [0.5, 0.6) is 0 Å². The molecule has 84 valence electrons. The number of fused-ring (bicyclic) bond motifs is 1. The number of hydrogen-bond acceptors (Lipinski definition) is 2. The van der Waals surface area contributed by atoms with E-state index in [9.17, 15) is 4.79 Å². The average molecular weight is 299 g/mol. The summed E-state index contributed by atoms with van der Waals surface area (Å²) in [7, 11) is 0. The molecule has 1 aromatic carbocycles. The third kappa shape index (κ3) is 2.28. The zero-order valence-corrected chi connectivity index (χ0v) is 11.1. The quantitative estimate of drug-likeness (QED) is 0.932. The van der Waals surface area contributed by atoms with E-state index in [2.05, 4.69) is 28.1 Å². The summed E-state index contributed by atoms with van der Waals surface area (Å²) in [6.45, 7) is 1.74. The van der Waals surface area contributed by atoms with Crippen LogP contribution in [0.1, 0.15) is 11.8 Å². The Hall–Kier alpha value is -0.870. The Kier molecular flexibility index (Phi) is 3.30. The van der Waals surface area contributed by atoms with Crippen LogP contribution < -0.4 is 0 Å². The standard InChI is InChI=1S/C12H11BrO2S/c1-7(12(14)15)5-8-6-9-10(13)3-2-4-11(9)16-8/h2-4,6-7H,5H2,1H3,(H,14,15). The number of aliphatic carboxylic acids is 1. The van der Waals surface area contributed by atoms with Crippen LogP contribution in [-0.2, 0) is 11.2 Å². The van der Waals surface area contributed by atoms with E-state index in [-0.39, 0.29) is 5.92 Å². The van der Waals surface area contributed by atoms with Gasteiger partial charge in [0, 0.05) is 19.4 Å². The molecule has 0 spiro atoms. The number of carboxylic acid groups (broad SMARTS) is 1. The van der Waals surface area contributed by atoms with Crippen molar-refractivity contribution in [3.05, 3.63) is 33.6 Å². The van der Waals surface area contributed by atoms with Crippen LogP contribution >= 0.6 is 27.3 Å². The van der Waals surface area contributed by atoms with Crippen molar-refractivity contribution in [1.82, 2.24) is 0 Å². The van der Waals surface area contributed by atoms with Crippen LogP contribution in [0.15, 0.2) is 28.7 Å². The van der Waals surface area contributed by atoms with Gasteiger partial charge in [-0.05, 0) is 24.6 Å². The zero-order valence-electron chi connectivity index (χ0n) is 8.74. The van der Waals surface area contributed by atoms with Gasteiger partial charge >= 0.3 is 5.97 Å². The Morgan fingerprint density at radius 2 is 2.31 bits per heavy atom. The summed E-state index contributed by atoms with van der Waals surface area (Å²) in [5.74, 6) is -1.07. The maximum Gasteiger partial charge on any atom is 0.306 e. The third-order valence-corrected chi connectivity index (χ3v) is 4.30. The second-order valence-electron chi connectivity index (χ2n) is 3.81. The van der Waals surface area contributed by atoms with E-state index in [1.807, 2.05) is 12.1 Å². The van der Waals surface area contributed by atoms with E-state index >= 15 is 0 Å². The lowest BCUT2D eigenvalue weighted by Crippen LogP contribution is -2.11. The molecule has 0 saturated carbocycles. The normalized spacial score (nSPS) is 12.9. The predicted molar refractivity (Wildman–Crippen MR) is 70.0 cm³/mol. The smallest absolute Gasteiger partial charge is 0.306 e. The molecule has 1 aromatic heterocycles. The van der Waals surface area contributed by atoms with E-state index in [1.165, 1.54) is 10.1 Å². The molecular formula is C12H11BrO2S. The van der Waals surface area contributed by atoms with Gasteiger partial charge in [-0.15, -0.1) is 11.3 Å². The fourth-order valence-electron chi connectivity index (χ4n) is 1.57. The van der Waals surface area contributed by atoms with Gasteiger partial charge in [0.15, 0.2) is 0 Å². The molecule has 0 saturated heterocycles. The number of benzene rings is 1. The molecule has 2 nitrogen and oxygen atoms in total. The van der Waals surface area contributed by atoms with Crippen LogP contribution in [0.2, 0.25) is 0 Å². The van der Waals surface area contributed by atoms with Crippen LogP contribution in [-0.4, -0.2) is 11.1 Å². The Balaban J connectivity index is 2.33. The predicted octanol–water partition coefficient (Wildman–Crippen LogP) is 3.93. The van der Waals surface area contributed by atoms with Crippen molar-refractivity contribution in [2.75, 3.05) is 0 Å². The van der Waals surface area contributed by atoms with Crippen molar-refractivity contribution < 1.29 is 9.90 Å². The lowest BCUT2D eigenvalue weighted by Gasteiger charge is -2.01. The van der Waals surface area contributed by atoms with Crippen molar-refractivity contribution >= 4 is 43.3 Å². The summed E-state index contributed by atoms with van der Waals surface area (Å²) >= 11 is 5.16. The minimum atomic E-state index is -0.739. The van der Waals surface area contributed by atoms with Crippen LogP contribution in [0, 0.1) is 5.92 Å². The highest BCUT2D eigenvalue weighted by atomic mass is 79.9. The maximum absolute atomic E-state index is 10.8.